The first-order valence-corrected chi connectivity index (χ1v) is 14.0. The van der Waals surface area contributed by atoms with Crippen LogP contribution in [0.25, 0.3) is 10.8 Å². The molecule has 0 saturated carbocycles. The molecule has 0 aliphatic rings. The molecule has 5 aromatic carbocycles. The fraction of sp³-hybridized carbons (Fsp3) is 0.0606. The molecule has 6 nitrogen and oxygen atoms in total. The minimum atomic E-state index is -1.10. The van der Waals surface area contributed by atoms with E-state index in [0.29, 0.717) is 27.2 Å². The number of thioether (sulfide) groups is 1. The minimum Gasteiger partial charge on any atom is -0.478 e. The van der Waals surface area contributed by atoms with E-state index >= 15 is 0 Å². The third kappa shape index (κ3) is 6.43. The maximum Gasteiger partial charge on any atom is 0.336 e. The number of benzene rings is 5. The molecule has 5 aromatic rings. The SMILES string of the molecule is Cc1ccc(Cl)cc1NC(=O)C(Sc1cccc(NC(=O)c2cccc3cccc(C(=O)O)c23)c1)c1ccccc1. The molecule has 0 saturated heterocycles. The lowest BCUT2D eigenvalue weighted by Gasteiger charge is -2.19. The second-order valence-electron chi connectivity index (χ2n) is 9.35. The number of carbonyl (C=O) groups excluding carboxylic acids is 2. The predicted molar refractivity (Wildman–Crippen MR) is 165 cm³/mol. The number of amides is 2. The van der Waals surface area contributed by atoms with E-state index in [4.69, 9.17) is 11.6 Å². The molecule has 0 aliphatic heterocycles. The smallest absolute Gasteiger partial charge is 0.336 e. The lowest BCUT2D eigenvalue weighted by Crippen LogP contribution is -2.19. The number of rotatable bonds is 8. The summed E-state index contributed by atoms with van der Waals surface area (Å²) in [6, 6.07) is 32.0. The normalized spacial score (nSPS) is 11.6. The van der Waals surface area contributed by atoms with Crippen molar-refractivity contribution in [2.45, 2.75) is 17.1 Å². The topological polar surface area (TPSA) is 95.5 Å². The Morgan fingerprint density at radius 1 is 0.780 bits per heavy atom. The first-order valence-electron chi connectivity index (χ1n) is 12.8. The van der Waals surface area contributed by atoms with Crippen LogP contribution in [0.15, 0.2) is 114 Å². The summed E-state index contributed by atoms with van der Waals surface area (Å²) in [5.41, 5.74) is 3.19. The first kappa shape index (κ1) is 28.0. The monoisotopic (exact) mass is 580 g/mol. The highest BCUT2D eigenvalue weighted by Crippen LogP contribution is 2.38. The molecule has 2 amide bonds. The van der Waals surface area contributed by atoms with Crippen LogP contribution in [0.2, 0.25) is 5.02 Å². The Kier molecular flexibility index (Phi) is 8.38. The molecule has 0 aromatic heterocycles. The Morgan fingerprint density at radius 3 is 2.22 bits per heavy atom. The Hall–Kier alpha value is -4.59. The summed E-state index contributed by atoms with van der Waals surface area (Å²) in [6.07, 6.45) is 0. The van der Waals surface area contributed by atoms with Crippen molar-refractivity contribution in [3.8, 4) is 0 Å². The van der Waals surface area contributed by atoms with E-state index in [0.717, 1.165) is 16.0 Å². The van der Waals surface area contributed by atoms with Gasteiger partial charge in [0, 0.05) is 32.2 Å². The van der Waals surface area contributed by atoms with Crippen LogP contribution in [-0.2, 0) is 4.79 Å². The van der Waals surface area contributed by atoms with Crippen molar-refractivity contribution in [3.05, 3.63) is 136 Å². The molecule has 0 fully saturated rings. The van der Waals surface area contributed by atoms with Gasteiger partial charge in [-0.15, -0.1) is 11.8 Å². The summed E-state index contributed by atoms with van der Waals surface area (Å²) < 4.78 is 0. The molecule has 0 aliphatic carbocycles. The quantitative estimate of drug-likeness (QED) is 0.161. The molecular weight excluding hydrogens is 556 g/mol. The van der Waals surface area contributed by atoms with Crippen molar-refractivity contribution in [1.82, 2.24) is 0 Å². The predicted octanol–water partition coefficient (Wildman–Crippen LogP) is 8.22. The van der Waals surface area contributed by atoms with E-state index in [1.165, 1.54) is 17.8 Å². The zero-order chi connectivity index (χ0) is 28.9. The Balaban J connectivity index is 1.41. The fourth-order valence-electron chi connectivity index (χ4n) is 4.52. The number of hydrogen-bond donors (Lipinski definition) is 3. The van der Waals surface area contributed by atoms with Gasteiger partial charge < -0.3 is 15.7 Å². The van der Waals surface area contributed by atoms with E-state index in [-0.39, 0.29) is 17.0 Å². The molecule has 0 heterocycles. The zero-order valence-corrected chi connectivity index (χ0v) is 23.5. The van der Waals surface area contributed by atoms with Crippen LogP contribution in [0.4, 0.5) is 11.4 Å². The molecule has 0 bridgehead atoms. The molecular formula is C33H25ClN2O4S. The molecule has 3 N–H and O–H groups in total. The van der Waals surface area contributed by atoms with Crippen LogP contribution in [0, 0.1) is 6.92 Å². The number of carboxylic acids is 1. The van der Waals surface area contributed by atoms with Crippen LogP contribution in [0.3, 0.4) is 0 Å². The molecule has 5 rings (SSSR count). The summed E-state index contributed by atoms with van der Waals surface area (Å²) in [5, 5.41) is 16.6. The average molecular weight is 581 g/mol. The summed E-state index contributed by atoms with van der Waals surface area (Å²) in [4.78, 5) is 39.5. The van der Waals surface area contributed by atoms with Crippen molar-refractivity contribution < 1.29 is 19.5 Å². The molecule has 1 unspecified atom stereocenters. The van der Waals surface area contributed by atoms with E-state index in [9.17, 15) is 19.5 Å². The van der Waals surface area contributed by atoms with E-state index in [1.807, 2.05) is 49.4 Å². The van der Waals surface area contributed by atoms with Crippen molar-refractivity contribution in [2.75, 3.05) is 10.6 Å². The van der Waals surface area contributed by atoms with E-state index in [2.05, 4.69) is 10.6 Å². The summed E-state index contributed by atoms with van der Waals surface area (Å²) in [7, 11) is 0. The number of aryl methyl sites for hydroxylation is 1. The van der Waals surface area contributed by atoms with Gasteiger partial charge in [0.05, 0.1) is 5.56 Å². The molecule has 204 valence electrons. The van der Waals surface area contributed by atoms with Crippen LogP contribution in [-0.4, -0.2) is 22.9 Å². The third-order valence-corrected chi connectivity index (χ3v) is 8.01. The van der Waals surface area contributed by atoms with Crippen LogP contribution in [0.5, 0.6) is 0 Å². The summed E-state index contributed by atoms with van der Waals surface area (Å²) in [6.45, 7) is 1.90. The van der Waals surface area contributed by atoms with Crippen molar-refractivity contribution in [1.29, 1.82) is 0 Å². The summed E-state index contributed by atoms with van der Waals surface area (Å²) in [5.74, 6) is -1.74. The van der Waals surface area contributed by atoms with Crippen molar-refractivity contribution in [3.63, 3.8) is 0 Å². The Morgan fingerprint density at radius 2 is 1.49 bits per heavy atom. The van der Waals surface area contributed by atoms with Gasteiger partial charge in [-0.2, -0.15) is 0 Å². The molecule has 8 heteroatoms. The highest BCUT2D eigenvalue weighted by atomic mass is 35.5. The van der Waals surface area contributed by atoms with E-state index < -0.39 is 17.1 Å². The highest BCUT2D eigenvalue weighted by molar-refractivity contribution is 8.00. The lowest BCUT2D eigenvalue weighted by atomic mass is 9.98. The Labute approximate surface area is 246 Å². The highest BCUT2D eigenvalue weighted by Gasteiger charge is 2.23. The van der Waals surface area contributed by atoms with Crippen LogP contribution < -0.4 is 10.6 Å². The Bertz CT molecular complexity index is 1770. The van der Waals surface area contributed by atoms with Gasteiger partial charge in [0.25, 0.3) is 5.91 Å². The van der Waals surface area contributed by atoms with E-state index in [1.54, 1.807) is 60.7 Å². The van der Waals surface area contributed by atoms with Crippen LogP contribution in [0.1, 0.15) is 37.1 Å². The van der Waals surface area contributed by atoms with Gasteiger partial charge in [0.15, 0.2) is 0 Å². The number of anilines is 2. The van der Waals surface area contributed by atoms with Gasteiger partial charge in [0.1, 0.15) is 5.25 Å². The number of carboxylic acid groups (broad SMARTS) is 1. The number of aromatic carboxylic acids is 1. The van der Waals surface area contributed by atoms with Gasteiger partial charge in [-0.1, -0.05) is 78.3 Å². The number of fused-ring (bicyclic) bond motifs is 1. The van der Waals surface area contributed by atoms with Gasteiger partial charge in [-0.05, 0) is 65.9 Å². The van der Waals surface area contributed by atoms with Gasteiger partial charge in [-0.3, -0.25) is 9.59 Å². The lowest BCUT2D eigenvalue weighted by molar-refractivity contribution is -0.115. The third-order valence-electron chi connectivity index (χ3n) is 6.52. The largest absolute Gasteiger partial charge is 0.478 e. The number of hydrogen-bond acceptors (Lipinski definition) is 4. The number of nitrogens with one attached hydrogen (secondary N) is 2. The fourth-order valence-corrected chi connectivity index (χ4v) is 5.77. The average Bonchev–Trinajstić information content (AvgIpc) is 2.97. The van der Waals surface area contributed by atoms with Gasteiger partial charge >= 0.3 is 5.97 Å². The van der Waals surface area contributed by atoms with Crippen molar-refractivity contribution in [2.24, 2.45) is 0 Å². The van der Waals surface area contributed by atoms with Gasteiger partial charge in [0.2, 0.25) is 5.91 Å². The molecule has 1 atom stereocenters. The number of carbonyl (C=O) groups is 3. The summed E-state index contributed by atoms with van der Waals surface area (Å²) >= 11 is 7.52. The number of halogens is 1. The molecule has 41 heavy (non-hydrogen) atoms. The first-order chi connectivity index (χ1) is 19.8. The minimum absolute atomic E-state index is 0.0595. The standard InChI is InChI=1S/C33H25ClN2O4S/c1-20-16-17-23(34)18-28(20)36-32(38)30(22-8-3-2-4-9-22)41-25-13-7-12-24(19-25)35-31(37)26-14-5-10-21-11-6-15-27(29(21)26)33(39)40/h2-19,30H,1H3,(H,35,37)(H,36,38)(H,39,40). The second kappa shape index (κ2) is 12.3. The zero-order valence-electron chi connectivity index (χ0n) is 21.9. The molecule has 0 spiro atoms. The van der Waals surface area contributed by atoms with Crippen molar-refractivity contribution >= 4 is 63.3 Å². The molecule has 0 radical (unpaired) electrons. The van der Waals surface area contributed by atoms with Crippen LogP contribution >= 0.6 is 23.4 Å². The maximum atomic E-state index is 13.5. The second-order valence-corrected chi connectivity index (χ2v) is 11.0. The maximum absolute atomic E-state index is 13.5. The van der Waals surface area contributed by atoms with Gasteiger partial charge in [-0.25, -0.2) is 4.79 Å².